The van der Waals surface area contributed by atoms with E-state index in [1.54, 1.807) is 0 Å². The number of ether oxygens (including phenoxy) is 1. The Morgan fingerprint density at radius 2 is 2.00 bits per heavy atom. The van der Waals surface area contributed by atoms with Crippen LogP contribution in [0.15, 0.2) is 4.99 Å². The van der Waals surface area contributed by atoms with Crippen molar-refractivity contribution < 1.29 is 27.5 Å². The fraction of sp³-hybridized carbons (Fsp3) is 0.857. The molecule has 0 heterocycles. The van der Waals surface area contributed by atoms with E-state index in [1.807, 2.05) is 20.8 Å². The summed E-state index contributed by atoms with van der Waals surface area (Å²) in [5, 5.41) is 2.48. The topological polar surface area (TPSA) is 67.8 Å². The number of hydrogen-bond acceptors (Lipinski definition) is 4. The van der Waals surface area contributed by atoms with Crippen molar-refractivity contribution in [3.63, 3.8) is 0 Å². The smallest absolute Gasteiger partial charge is 0.422 e. The summed E-state index contributed by atoms with van der Waals surface area (Å²) in [5.74, 6) is 0. The first-order valence-corrected chi connectivity index (χ1v) is 6.98. The molecule has 1 saturated carbocycles. The molecule has 1 rings (SSSR count). The van der Waals surface area contributed by atoms with Crippen LogP contribution < -0.4 is 5.32 Å². The van der Waals surface area contributed by atoms with Gasteiger partial charge in [-0.25, -0.2) is 14.6 Å². The minimum atomic E-state index is -4.55. The van der Waals surface area contributed by atoms with E-state index in [9.17, 15) is 22.8 Å². The van der Waals surface area contributed by atoms with Gasteiger partial charge in [0.05, 0.1) is 6.54 Å². The van der Waals surface area contributed by atoms with Gasteiger partial charge in [-0.15, -0.1) is 0 Å². The first-order valence-electron chi connectivity index (χ1n) is 6.98. The molecule has 0 bridgehead atoms. The molecule has 126 valence electrons. The molecule has 1 amide bonds. The lowest BCUT2D eigenvalue weighted by Crippen LogP contribution is -2.48. The number of isocyanates is 1. The van der Waals surface area contributed by atoms with Crippen LogP contribution in [0.1, 0.15) is 40.0 Å². The summed E-state index contributed by atoms with van der Waals surface area (Å²) in [4.78, 5) is 25.4. The summed E-state index contributed by atoms with van der Waals surface area (Å²) in [7, 11) is 0. The molecular weight excluding hydrogens is 301 g/mol. The Morgan fingerprint density at radius 1 is 1.36 bits per heavy atom. The van der Waals surface area contributed by atoms with Crippen LogP contribution in [0.4, 0.5) is 18.0 Å². The lowest BCUT2D eigenvalue weighted by molar-refractivity contribution is -0.160. The molecule has 0 saturated heterocycles. The number of nitrogens with zero attached hydrogens (tertiary/aromatic N) is 1. The second kappa shape index (κ2) is 6.69. The van der Waals surface area contributed by atoms with E-state index >= 15 is 0 Å². The number of amides is 1. The number of alkyl carbamates (subject to hydrolysis) is 1. The Labute approximate surface area is 127 Å². The molecule has 1 N–H and O–H groups in total. The zero-order valence-corrected chi connectivity index (χ0v) is 12.9. The molecule has 22 heavy (non-hydrogen) atoms. The third kappa shape index (κ3) is 6.47. The molecule has 0 aromatic rings. The van der Waals surface area contributed by atoms with Crippen LogP contribution >= 0.6 is 0 Å². The van der Waals surface area contributed by atoms with E-state index < -0.39 is 18.9 Å². The first-order chi connectivity index (χ1) is 9.95. The SMILES string of the molecule is CC1(C)CC(NC(=O)OCC(F)(F)F)CC(C)(CN=C=O)C1. The number of carbonyl (C=O) groups excluding carboxylic acids is 2. The number of alkyl halides is 3. The van der Waals surface area contributed by atoms with E-state index in [-0.39, 0.29) is 23.4 Å². The predicted molar refractivity (Wildman–Crippen MR) is 73.1 cm³/mol. The van der Waals surface area contributed by atoms with Crippen molar-refractivity contribution in [2.75, 3.05) is 13.2 Å². The van der Waals surface area contributed by atoms with Crippen LogP contribution in [0.3, 0.4) is 0 Å². The molecule has 1 fully saturated rings. The molecule has 0 spiro atoms. The predicted octanol–water partition coefficient (Wildman–Crippen LogP) is 3.20. The Morgan fingerprint density at radius 3 is 2.55 bits per heavy atom. The average molecular weight is 322 g/mol. The summed E-state index contributed by atoms with van der Waals surface area (Å²) in [6, 6.07) is -0.323. The maximum atomic E-state index is 12.0. The van der Waals surface area contributed by atoms with Crippen molar-refractivity contribution in [2.24, 2.45) is 15.8 Å². The molecule has 0 aliphatic heterocycles. The van der Waals surface area contributed by atoms with Crippen LogP contribution in [0.25, 0.3) is 0 Å². The second-order valence-electron chi connectivity index (χ2n) is 7.00. The summed E-state index contributed by atoms with van der Waals surface area (Å²) >= 11 is 0. The second-order valence-corrected chi connectivity index (χ2v) is 7.00. The monoisotopic (exact) mass is 322 g/mol. The molecule has 8 heteroatoms. The number of halogens is 3. The molecule has 2 atom stereocenters. The van der Waals surface area contributed by atoms with Gasteiger partial charge >= 0.3 is 12.3 Å². The quantitative estimate of drug-likeness (QED) is 0.638. The van der Waals surface area contributed by atoms with E-state index in [0.717, 1.165) is 6.42 Å². The zero-order valence-electron chi connectivity index (χ0n) is 12.9. The van der Waals surface area contributed by atoms with Gasteiger partial charge in [-0.3, -0.25) is 0 Å². The van der Waals surface area contributed by atoms with E-state index in [1.165, 1.54) is 6.08 Å². The van der Waals surface area contributed by atoms with E-state index in [0.29, 0.717) is 12.8 Å². The van der Waals surface area contributed by atoms with Crippen molar-refractivity contribution in [3.05, 3.63) is 0 Å². The van der Waals surface area contributed by atoms with Gasteiger partial charge in [-0.1, -0.05) is 20.8 Å². The number of carbonyl (C=O) groups is 1. The average Bonchev–Trinajstić information content (AvgIpc) is 2.30. The van der Waals surface area contributed by atoms with Gasteiger partial charge in [-0.2, -0.15) is 13.2 Å². The number of nitrogens with one attached hydrogen (secondary N) is 1. The lowest BCUT2D eigenvalue weighted by Gasteiger charge is -2.45. The lowest BCUT2D eigenvalue weighted by atomic mass is 9.62. The number of rotatable bonds is 4. The van der Waals surface area contributed by atoms with Crippen molar-refractivity contribution in [2.45, 2.75) is 52.3 Å². The molecule has 0 radical (unpaired) electrons. The van der Waals surface area contributed by atoms with E-state index in [2.05, 4.69) is 15.0 Å². The number of aliphatic imine (C=N–C) groups is 1. The molecular formula is C14H21F3N2O3. The van der Waals surface area contributed by atoms with Crippen LogP contribution in [0.2, 0.25) is 0 Å². The van der Waals surface area contributed by atoms with Crippen molar-refractivity contribution in [1.29, 1.82) is 0 Å². The minimum absolute atomic E-state index is 0.132. The molecule has 0 aromatic carbocycles. The highest BCUT2D eigenvalue weighted by Crippen LogP contribution is 2.46. The van der Waals surface area contributed by atoms with Crippen LogP contribution in [0.5, 0.6) is 0 Å². The Kier molecular flexibility index (Phi) is 5.62. The van der Waals surface area contributed by atoms with Gasteiger partial charge < -0.3 is 10.1 Å². The van der Waals surface area contributed by atoms with Crippen molar-refractivity contribution in [1.82, 2.24) is 5.32 Å². The molecule has 1 aliphatic rings. The van der Waals surface area contributed by atoms with Gasteiger partial charge in [0.2, 0.25) is 6.08 Å². The molecule has 2 unspecified atom stereocenters. The van der Waals surface area contributed by atoms with Crippen LogP contribution in [-0.2, 0) is 9.53 Å². The summed E-state index contributed by atoms with van der Waals surface area (Å²) in [6.07, 6.45) is -2.20. The largest absolute Gasteiger partial charge is 0.440 e. The first kappa shape index (κ1) is 18.5. The molecule has 1 aliphatic carbocycles. The Bertz CT molecular complexity index is 459. The zero-order chi connectivity index (χ0) is 17.0. The Balaban J connectivity index is 2.65. The highest BCUT2D eigenvalue weighted by atomic mass is 19.4. The van der Waals surface area contributed by atoms with Crippen molar-refractivity contribution in [3.8, 4) is 0 Å². The van der Waals surface area contributed by atoms with Gasteiger partial charge in [0.25, 0.3) is 0 Å². The number of hydrogen-bond donors (Lipinski definition) is 1. The summed E-state index contributed by atoms with van der Waals surface area (Å²) in [6.45, 7) is 4.61. The fourth-order valence-electron chi connectivity index (χ4n) is 3.44. The molecule has 0 aromatic heterocycles. The maximum Gasteiger partial charge on any atom is 0.422 e. The standard InChI is InChI=1S/C14H21F3N2O3/c1-12(2)4-10(5-13(3,6-12)7-18-9-20)19-11(21)22-8-14(15,16)17/h10H,4-8H2,1-3H3,(H,19,21). The van der Waals surface area contributed by atoms with Gasteiger partial charge in [0, 0.05) is 6.04 Å². The Hall–Kier alpha value is -1.56. The summed E-state index contributed by atoms with van der Waals surface area (Å²) < 4.78 is 40.2. The van der Waals surface area contributed by atoms with Gasteiger partial charge in [0.15, 0.2) is 6.61 Å². The third-order valence-electron chi connectivity index (χ3n) is 3.66. The van der Waals surface area contributed by atoms with Gasteiger partial charge in [0.1, 0.15) is 0 Å². The minimum Gasteiger partial charge on any atom is -0.440 e. The normalized spacial score (nSPS) is 27.6. The van der Waals surface area contributed by atoms with Crippen molar-refractivity contribution >= 4 is 12.2 Å². The maximum absolute atomic E-state index is 12.0. The molecule has 5 nitrogen and oxygen atoms in total. The summed E-state index contributed by atoms with van der Waals surface area (Å²) in [5.41, 5.74) is -0.450. The van der Waals surface area contributed by atoms with E-state index in [4.69, 9.17) is 0 Å². The van der Waals surface area contributed by atoms with Crippen LogP contribution in [-0.4, -0.2) is 37.5 Å². The third-order valence-corrected chi connectivity index (χ3v) is 3.66. The highest BCUT2D eigenvalue weighted by molar-refractivity contribution is 5.67. The fourth-order valence-corrected chi connectivity index (χ4v) is 3.44. The highest BCUT2D eigenvalue weighted by Gasteiger charge is 2.42. The van der Waals surface area contributed by atoms with Crippen LogP contribution in [0, 0.1) is 10.8 Å². The van der Waals surface area contributed by atoms with Gasteiger partial charge in [-0.05, 0) is 30.1 Å².